The fourth-order valence-electron chi connectivity index (χ4n) is 2.35. The first-order chi connectivity index (χ1) is 12.5. The molecule has 0 aliphatic rings. The third kappa shape index (κ3) is 3.75. The van der Waals surface area contributed by atoms with Crippen LogP contribution in [0.3, 0.4) is 0 Å². The van der Waals surface area contributed by atoms with Crippen molar-refractivity contribution in [2.45, 2.75) is 9.92 Å². The largest absolute Gasteiger partial charge is 0.298 e. The number of halogens is 1. The minimum atomic E-state index is -3.88. The Morgan fingerprint density at radius 2 is 1.42 bits per heavy atom. The van der Waals surface area contributed by atoms with Crippen LogP contribution in [0.15, 0.2) is 76.8 Å². The van der Waals surface area contributed by atoms with Gasteiger partial charge >= 0.3 is 0 Å². The summed E-state index contributed by atoms with van der Waals surface area (Å²) in [6, 6.07) is 15.2. The van der Waals surface area contributed by atoms with Crippen LogP contribution in [0.4, 0.5) is 4.39 Å². The van der Waals surface area contributed by atoms with Gasteiger partial charge in [-0.2, -0.15) is 0 Å². The average molecular weight is 367 g/mol. The molecule has 1 aromatic heterocycles. The van der Waals surface area contributed by atoms with Crippen LogP contribution in [0.25, 0.3) is 12.2 Å². The number of aldehydes is 1. The van der Waals surface area contributed by atoms with E-state index in [1.807, 2.05) is 0 Å². The second kappa shape index (κ2) is 7.41. The molecule has 0 amide bonds. The Morgan fingerprint density at radius 1 is 0.846 bits per heavy atom. The first-order valence-electron chi connectivity index (χ1n) is 7.70. The molecule has 0 radical (unpaired) electrons. The zero-order valence-corrected chi connectivity index (χ0v) is 14.4. The lowest BCUT2D eigenvalue weighted by molar-refractivity contribution is 0.112. The minimum Gasteiger partial charge on any atom is -0.298 e. The number of aromatic nitrogens is 1. The zero-order chi connectivity index (χ0) is 18.6. The second-order valence-electron chi connectivity index (χ2n) is 5.47. The number of carbonyl (C=O) groups is 1. The second-order valence-corrected chi connectivity index (χ2v) is 7.34. The molecule has 0 fully saturated rings. The van der Waals surface area contributed by atoms with Crippen LogP contribution in [0.1, 0.15) is 21.5 Å². The molecule has 0 unspecified atom stereocenters. The predicted octanol–water partition coefficient (Wildman–Crippen LogP) is 4.04. The van der Waals surface area contributed by atoms with Crippen molar-refractivity contribution in [2.24, 2.45) is 0 Å². The van der Waals surface area contributed by atoms with Crippen molar-refractivity contribution >= 4 is 28.3 Å². The molecule has 1 heterocycles. The Hall–Kier alpha value is -3.12. The molecule has 3 rings (SSSR count). The summed E-state index contributed by atoms with van der Waals surface area (Å²) in [6.07, 6.45) is 5.40. The molecule has 130 valence electrons. The van der Waals surface area contributed by atoms with Gasteiger partial charge in [0.25, 0.3) is 0 Å². The van der Waals surface area contributed by atoms with Gasteiger partial charge in [-0.1, -0.05) is 36.4 Å². The van der Waals surface area contributed by atoms with E-state index in [4.69, 9.17) is 0 Å². The lowest BCUT2D eigenvalue weighted by Crippen LogP contribution is -2.07. The summed E-state index contributed by atoms with van der Waals surface area (Å²) in [5, 5.41) is -0.260. The molecule has 0 aliphatic carbocycles. The summed E-state index contributed by atoms with van der Waals surface area (Å²) < 4.78 is 38.2. The van der Waals surface area contributed by atoms with Gasteiger partial charge in [-0.3, -0.25) is 4.79 Å². The smallest absolute Gasteiger partial charge is 0.224 e. The molecular weight excluding hydrogens is 353 g/mol. The first-order valence-corrected chi connectivity index (χ1v) is 9.18. The van der Waals surface area contributed by atoms with E-state index in [1.54, 1.807) is 36.4 Å². The van der Waals surface area contributed by atoms with E-state index in [-0.39, 0.29) is 21.3 Å². The van der Waals surface area contributed by atoms with Crippen LogP contribution < -0.4 is 0 Å². The molecule has 0 N–H and O–H groups in total. The van der Waals surface area contributed by atoms with E-state index in [9.17, 15) is 17.6 Å². The molecule has 2 aromatic carbocycles. The van der Waals surface area contributed by atoms with Crippen molar-refractivity contribution in [1.29, 1.82) is 0 Å². The number of pyridine rings is 1. The fourth-order valence-corrected chi connectivity index (χ4v) is 3.70. The monoisotopic (exact) mass is 367 g/mol. The van der Waals surface area contributed by atoms with Crippen LogP contribution in [0.2, 0.25) is 0 Å². The average Bonchev–Trinajstić information content (AvgIpc) is 2.68. The molecular formula is C20H14FNO3S. The van der Waals surface area contributed by atoms with E-state index in [1.165, 1.54) is 42.6 Å². The highest BCUT2D eigenvalue weighted by Crippen LogP contribution is 2.22. The Bertz CT molecular complexity index is 1060. The molecule has 0 saturated carbocycles. The van der Waals surface area contributed by atoms with E-state index >= 15 is 0 Å². The molecule has 0 bridgehead atoms. The summed E-state index contributed by atoms with van der Waals surface area (Å²) in [7, 11) is -3.88. The normalized spacial score (nSPS) is 11.6. The summed E-state index contributed by atoms with van der Waals surface area (Å²) in [4.78, 5) is 15.0. The van der Waals surface area contributed by atoms with E-state index in [0.717, 1.165) is 11.1 Å². The lowest BCUT2D eigenvalue weighted by atomic mass is 10.1. The third-order valence-electron chi connectivity index (χ3n) is 3.71. The van der Waals surface area contributed by atoms with Gasteiger partial charge in [-0.25, -0.2) is 17.8 Å². The number of nitrogens with zero attached hydrogens (tertiary/aromatic N) is 1. The van der Waals surface area contributed by atoms with Crippen LogP contribution in [0, 0.1) is 5.82 Å². The van der Waals surface area contributed by atoms with Crippen molar-refractivity contribution in [1.82, 2.24) is 4.98 Å². The Kier molecular flexibility index (Phi) is 5.04. The lowest BCUT2D eigenvalue weighted by Gasteiger charge is -2.06. The SMILES string of the molecule is O=Cc1cccnc1S(=O)(=O)c1ccc(C=Cc2ccc(F)cc2)cc1. The van der Waals surface area contributed by atoms with E-state index < -0.39 is 9.84 Å². The molecule has 0 aliphatic heterocycles. The van der Waals surface area contributed by atoms with Crippen molar-refractivity contribution in [3.05, 3.63) is 89.4 Å². The zero-order valence-electron chi connectivity index (χ0n) is 13.5. The van der Waals surface area contributed by atoms with Gasteiger partial charge in [-0.05, 0) is 47.5 Å². The molecule has 4 nitrogen and oxygen atoms in total. The Morgan fingerprint density at radius 3 is 2.00 bits per heavy atom. The molecule has 26 heavy (non-hydrogen) atoms. The minimum absolute atomic E-state index is 0.0211. The van der Waals surface area contributed by atoms with Gasteiger partial charge in [0.1, 0.15) is 5.82 Å². The maximum absolute atomic E-state index is 12.9. The van der Waals surface area contributed by atoms with Crippen molar-refractivity contribution in [3.63, 3.8) is 0 Å². The number of rotatable bonds is 5. The number of hydrogen-bond acceptors (Lipinski definition) is 4. The van der Waals surface area contributed by atoms with Crippen LogP contribution in [-0.2, 0) is 9.84 Å². The maximum atomic E-state index is 12.9. The molecule has 0 spiro atoms. The summed E-state index contributed by atoms with van der Waals surface area (Å²) in [5.74, 6) is -0.305. The number of carbonyl (C=O) groups excluding carboxylic acids is 1. The summed E-state index contributed by atoms with van der Waals surface area (Å²) >= 11 is 0. The van der Waals surface area contributed by atoms with Crippen molar-refractivity contribution in [3.8, 4) is 0 Å². The third-order valence-corrected chi connectivity index (χ3v) is 5.45. The highest BCUT2D eigenvalue weighted by atomic mass is 32.2. The van der Waals surface area contributed by atoms with Crippen molar-refractivity contribution < 1.29 is 17.6 Å². The highest BCUT2D eigenvalue weighted by molar-refractivity contribution is 7.91. The summed E-state index contributed by atoms with van der Waals surface area (Å²) in [6.45, 7) is 0. The van der Waals surface area contributed by atoms with Gasteiger partial charge in [0, 0.05) is 6.20 Å². The highest BCUT2D eigenvalue weighted by Gasteiger charge is 2.22. The quantitative estimate of drug-likeness (QED) is 0.504. The van der Waals surface area contributed by atoms with Gasteiger partial charge in [-0.15, -0.1) is 0 Å². The van der Waals surface area contributed by atoms with E-state index in [0.29, 0.717) is 6.29 Å². The fraction of sp³-hybridized carbons (Fsp3) is 0. The number of sulfone groups is 1. The summed E-state index contributed by atoms with van der Waals surface area (Å²) in [5.41, 5.74) is 1.63. The van der Waals surface area contributed by atoms with Crippen molar-refractivity contribution in [2.75, 3.05) is 0 Å². The van der Waals surface area contributed by atoms with E-state index in [2.05, 4.69) is 4.98 Å². The van der Waals surface area contributed by atoms with Gasteiger partial charge in [0.15, 0.2) is 11.3 Å². The number of benzene rings is 2. The molecule has 6 heteroatoms. The Labute approximate surface area is 150 Å². The maximum Gasteiger partial charge on any atom is 0.224 e. The molecule has 3 aromatic rings. The predicted molar refractivity (Wildman–Crippen MR) is 96.8 cm³/mol. The van der Waals surface area contributed by atoms with Gasteiger partial charge in [0.2, 0.25) is 9.84 Å². The van der Waals surface area contributed by atoms with Gasteiger partial charge < -0.3 is 0 Å². The van der Waals surface area contributed by atoms with Crippen LogP contribution >= 0.6 is 0 Å². The first kappa shape index (κ1) is 17.7. The topological polar surface area (TPSA) is 64.1 Å². The van der Waals surface area contributed by atoms with Gasteiger partial charge in [0.05, 0.1) is 10.5 Å². The Balaban J connectivity index is 1.87. The molecule has 0 saturated heterocycles. The molecule has 0 atom stereocenters. The van der Waals surface area contributed by atoms with Crippen LogP contribution in [-0.4, -0.2) is 19.7 Å². The standard InChI is InChI=1S/C20H14FNO3S/c21-18-9-5-15(6-10-18)3-4-16-7-11-19(12-8-16)26(24,25)20-17(14-23)2-1-13-22-20/h1-14H. The number of hydrogen-bond donors (Lipinski definition) is 0. The van der Waals surface area contributed by atoms with Crippen LogP contribution in [0.5, 0.6) is 0 Å².